The minimum absolute atomic E-state index is 0.0812. The molecule has 0 bridgehead atoms. The van der Waals surface area contributed by atoms with E-state index in [9.17, 15) is 13.2 Å². The van der Waals surface area contributed by atoms with Gasteiger partial charge in [0.1, 0.15) is 0 Å². The molecule has 0 aliphatic carbocycles. The summed E-state index contributed by atoms with van der Waals surface area (Å²) in [4.78, 5) is 15.1. The van der Waals surface area contributed by atoms with E-state index in [4.69, 9.17) is 0 Å². The monoisotopic (exact) mass is 462 g/mol. The van der Waals surface area contributed by atoms with Gasteiger partial charge in [-0.3, -0.25) is 4.79 Å². The van der Waals surface area contributed by atoms with Crippen LogP contribution in [0.1, 0.15) is 42.3 Å². The topological polar surface area (TPSA) is 66.5 Å². The van der Waals surface area contributed by atoms with Gasteiger partial charge in [-0.15, -0.1) is 0 Å². The SMILES string of the molecule is CC(C)(C)NS(=O)(=O)c1ccc(C(=O)N2CC(Cc3ccccc3)(c3ccccc3)C2)cc1. The van der Waals surface area contributed by atoms with Crippen molar-refractivity contribution in [1.29, 1.82) is 0 Å². The van der Waals surface area contributed by atoms with Crippen LogP contribution in [-0.2, 0) is 21.9 Å². The highest BCUT2D eigenvalue weighted by molar-refractivity contribution is 7.89. The molecule has 1 heterocycles. The summed E-state index contributed by atoms with van der Waals surface area (Å²) in [5.74, 6) is -0.0812. The molecule has 0 saturated carbocycles. The third-order valence-electron chi connectivity index (χ3n) is 5.90. The Bertz CT molecular complexity index is 1210. The first-order valence-corrected chi connectivity index (χ1v) is 12.6. The molecule has 172 valence electrons. The van der Waals surface area contributed by atoms with Crippen LogP contribution in [0.25, 0.3) is 0 Å². The van der Waals surface area contributed by atoms with E-state index in [1.165, 1.54) is 23.3 Å². The molecule has 3 aromatic carbocycles. The average molecular weight is 463 g/mol. The van der Waals surface area contributed by atoms with Crippen molar-refractivity contribution in [2.24, 2.45) is 0 Å². The zero-order chi connectivity index (χ0) is 23.7. The first-order chi connectivity index (χ1) is 15.6. The number of nitrogens with one attached hydrogen (secondary N) is 1. The van der Waals surface area contributed by atoms with Gasteiger partial charge in [-0.25, -0.2) is 13.1 Å². The standard InChI is InChI=1S/C27H30N2O3S/c1-26(2,3)28-33(31,32)24-16-14-22(15-17-24)25(30)29-19-27(20-29,23-12-8-5-9-13-23)18-21-10-6-4-7-11-21/h4-17,28H,18-20H2,1-3H3. The number of hydrogen-bond acceptors (Lipinski definition) is 3. The Morgan fingerprint density at radius 3 is 1.97 bits per heavy atom. The van der Waals surface area contributed by atoms with Crippen molar-refractivity contribution in [1.82, 2.24) is 9.62 Å². The second kappa shape index (κ2) is 8.76. The van der Waals surface area contributed by atoms with Crippen LogP contribution in [0.3, 0.4) is 0 Å². The molecule has 0 spiro atoms. The molecule has 1 aliphatic heterocycles. The fraction of sp³-hybridized carbons (Fsp3) is 0.296. The first kappa shape index (κ1) is 23.2. The molecule has 33 heavy (non-hydrogen) atoms. The second-order valence-electron chi connectivity index (χ2n) is 9.85. The summed E-state index contributed by atoms with van der Waals surface area (Å²) >= 11 is 0. The molecule has 1 fully saturated rings. The number of carbonyl (C=O) groups is 1. The van der Waals surface area contributed by atoms with Gasteiger partial charge >= 0.3 is 0 Å². The van der Waals surface area contributed by atoms with Crippen LogP contribution in [-0.4, -0.2) is 37.9 Å². The van der Waals surface area contributed by atoms with E-state index in [0.717, 1.165) is 6.42 Å². The van der Waals surface area contributed by atoms with Gasteiger partial charge in [-0.2, -0.15) is 0 Å². The molecule has 4 rings (SSSR count). The zero-order valence-electron chi connectivity index (χ0n) is 19.3. The Kier molecular flexibility index (Phi) is 6.16. The van der Waals surface area contributed by atoms with Crippen LogP contribution in [0.4, 0.5) is 0 Å². The molecule has 0 radical (unpaired) electrons. The van der Waals surface area contributed by atoms with Crippen molar-refractivity contribution in [2.45, 2.75) is 43.0 Å². The van der Waals surface area contributed by atoms with E-state index in [1.54, 1.807) is 32.9 Å². The summed E-state index contributed by atoms with van der Waals surface area (Å²) in [6, 6.07) is 26.9. The second-order valence-corrected chi connectivity index (χ2v) is 11.5. The minimum atomic E-state index is -3.64. The van der Waals surface area contributed by atoms with E-state index in [0.29, 0.717) is 18.7 Å². The molecule has 6 heteroatoms. The molecule has 1 aliphatic rings. The largest absolute Gasteiger partial charge is 0.337 e. The first-order valence-electron chi connectivity index (χ1n) is 11.1. The summed E-state index contributed by atoms with van der Waals surface area (Å²) < 4.78 is 27.7. The normalized spacial score (nSPS) is 15.7. The fourth-order valence-electron chi connectivity index (χ4n) is 4.42. The third-order valence-corrected chi connectivity index (χ3v) is 7.67. The molecule has 1 saturated heterocycles. The van der Waals surface area contributed by atoms with Gasteiger partial charge in [0.25, 0.3) is 5.91 Å². The van der Waals surface area contributed by atoms with Crippen LogP contribution in [0, 0.1) is 0 Å². The van der Waals surface area contributed by atoms with Crippen LogP contribution in [0.5, 0.6) is 0 Å². The lowest BCUT2D eigenvalue weighted by Crippen LogP contribution is -2.62. The van der Waals surface area contributed by atoms with E-state index in [1.807, 2.05) is 41.3 Å². The van der Waals surface area contributed by atoms with Gasteiger partial charge < -0.3 is 4.90 Å². The number of hydrogen-bond donors (Lipinski definition) is 1. The van der Waals surface area contributed by atoms with Crippen molar-refractivity contribution in [3.63, 3.8) is 0 Å². The van der Waals surface area contributed by atoms with Crippen molar-refractivity contribution < 1.29 is 13.2 Å². The number of nitrogens with zero attached hydrogens (tertiary/aromatic N) is 1. The average Bonchev–Trinajstić information content (AvgIpc) is 2.75. The number of benzene rings is 3. The molecule has 0 atom stereocenters. The number of carbonyl (C=O) groups excluding carboxylic acids is 1. The predicted octanol–water partition coefficient (Wildman–Crippen LogP) is 4.40. The Morgan fingerprint density at radius 1 is 0.879 bits per heavy atom. The smallest absolute Gasteiger partial charge is 0.253 e. The maximum Gasteiger partial charge on any atom is 0.253 e. The van der Waals surface area contributed by atoms with Crippen molar-refractivity contribution in [3.05, 3.63) is 102 Å². The summed E-state index contributed by atoms with van der Waals surface area (Å²) in [7, 11) is -3.64. The quantitative estimate of drug-likeness (QED) is 0.590. The van der Waals surface area contributed by atoms with Gasteiger partial charge in [0.2, 0.25) is 10.0 Å². The van der Waals surface area contributed by atoms with Gasteiger partial charge in [-0.1, -0.05) is 60.7 Å². The van der Waals surface area contributed by atoms with E-state index >= 15 is 0 Å². The van der Waals surface area contributed by atoms with Gasteiger partial charge in [0.05, 0.1) is 4.90 Å². The molecular weight excluding hydrogens is 432 g/mol. The minimum Gasteiger partial charge on any atom is -0.337 e. The zero-order valence-corrected chi connectivity index (χ0v) is 20.1. The Labute approximate surface area is 196 Å². The van der Waals surface area contributed by atoms with E-state index in [-0.39, 0.29) is 16.2 Å². The highest BCUT2D eigenvalue weighted by Crippen LogP contribution is 2.38. The summed E-state index contributed by atoms with van der Waals surface area (Å²) in [6.45, 7) is 6.62. The lowest BCUT2D eigenvalue weighted by Gasteiger charge is -2.51. The highest BCUT2D eigenvalue weighted by atomic mass is 32.2. The van der Waals surface area contributed by atoms with E-state index < -0.39 is 15.6 Å². The fourth-order valence-corrected chi connectivity index (χ4v) is 5.84. The van der Waals surface area contributed by atoms with E-state index in [2.05, 4.69) is 29.0 Å². The van der Waals surface area contributed by atoms with Gasteiger partial charge in [0, 0.05) is 29.6 Å². The lowest BCUT2D eigenvalue weighted by atomic mass is 9.69. The summed E-state index contributed by atoms with van der Waals surface area (Å²) in [6.07, 6.45) is 0.858. The van der Waals surface area contributed by atoms with Crippen molar-refractivity contribution in [3.8, 4) is 0 Å². The summed E-state index contributed by atoms with van der Waals surface area (Å²) in [5, 5.41) is 0. The molecular formula is C27H30N2O3S. The number of amides is 1. The lowest BCUT2D eigenvalue weighted by molar-refractivity contribution is 0.0386. The maximum absolute atomic E-state index is 13.1. The molecule has 3 aromatic rings. The van der Waals surface area contributed by atoms with Crippen LogP contribution in [0.2, 0.25) is 0 Å². The number of likely N-dealkylation sites (tertiary alicyclic amines) is 1. The summed E-state index contributed by atoms with van der Waals surface area (Å²) in [5.41, 5.74) is 2.26. The van der Waals surface area contributed by atoms with Crippen LogP contribution < -0.4 is 4.72 Å². The van der Waals surface area contributed by atoms with Crippen LogP contribution >= 0.6 is 0 Å². The highest BCUT2D eigenvalue weighted by Gasteiger charge is 2.46. The maximum atomic E-state index is 13.1. The predicted molar refractivity (Wildman–Crippen MR) is 131 cm³/mol. The number of sulfonamides is 1. The van der Waals surface area contributed by atoms with Crippen molar-refractivity contribution in [2.75, 3.05) is 13.1 Å². The van der Waals surface area contributed by atoms with Gasteiger partial charge in [0.15, 0.2) is 0 Å². The molecule has 5 nitrogen and oxygen atoms in total. The Balaban J connectivity index is 1.51. The molecule has 0 unspecified atom stereocenters. The molecule has 1 amide bonds. The Morgan fingerprint density at radius 2 is 1.42 bits per heavy atom. The number of rotatable bonds is 6. The third kappa shape index (κ3) is 5.18. The van der Waals surface area contributed by atoms with Crippen molar-refractivity contribution >= 4 is 15.9 Å². The Hall–Kier alpha value is -2.96. The molecule has 0 aromatic heterocycles. The van der Waals surface area contributed by atoms with Crippen LogP contribution in [0.15, 0.2) is 89.8 Å². The van der Waals surface area contributed by atoms with Gasteiger partial charge in [-0.05, 0) is 62.6 Å². The molecule has 1 N–H and O–H groups in total.